The number of aromatic nitrogens is 3. The zero-order valence-corrected chi connectivity index (χ0v) is 15.0. The van der Waals surface area contributed by atoms with Crippen LogP contribution >= 0.6 is 0 Å². The lowest BCUT2D eigenvalue weighted by Crippen LogP contribution is -2.27. The molecule has 1 unspecified atom stereocenters. The molecule has 26 heavy (non-hydrogen) atoms. The Kier molecular flexibility index (Phi) is 5.11. The number of hydrogen-bond donors (Lipinski definition) is 1. The van der Waals surface area contributed by atoms with Crippen molar-refractivity contribution in [2.24, 2.45) is 0 Å². The fourth-order valence-electron chi connectivity index (χ4n) is 2.89. The van der Waals surface area contributed by atoms with E-state index in [1.54, 1.807) is 35.4 Å². The van der Waals surface area contributed by atoms with Crippen LogP contribution in [-0.4, -0.2) is 20.7 Å². The maximum atomic E-state index is 13.2. The molecule has 0 fully saturated rings. The summed E-state index contributed by atoms with van der Waals surface area (Å²) in [5.41, 5.74) is 3.00. The molecule has 0 aliphatic carbocycles. The number of benzene rings is 1. The van der Waals surface area contributed by atoms with Crippen molar-refractivity contribution in [3.05, 3.63) is 77.6 Å². The minimum atomic E-state index is -0.309. The van der Waals surface area contributed by atoms with E-state index in [1.807, 2.05) is 32.9 Å². The number of nitrogens with one attached hydrogen (secondary N) is 1. The van der Waals surface area contributed by atoms with E-state index in [1.165, 1.54) is 12.1 Å². The van der Waals surface area contributed by atoms with Crippen LogP contribution in [0.25, 0.3) is 5.69 Å². The lowest BCUT2D eigenvalue weighted by molar-refractivity contribution is 0.0938. The van der Waals surface area contributed by atoms with Gasteiger partial charge in [0.05, 0.1) is 29.2 Å². The minimum Gasteiger partial charge on any atom is -0.345 e. The maximum Gasteiger partial charge on any atom is 0.255 e. The molecule has 1 aromatic carbocycles. The first-order chi connectivity index (χ1) is 12.5. The number of pyridine rings is 1. The molecule has 0 saturated heterocycles. The van der Waals surface area contributed by atoms with E-state index >= 15 is 0 Å². The van der Waals surface area contributed by atoms with Gasteiger partial charge in [-0.2, -0.15) is 5.10 Å². The first-order valence-electron chi connectivity index (χ1n) is 8.52. The van der Waals surface area contributed by atoms with Crippen molar-refractivity contribution in [3.8, 4) is 5.69 Å². The predicted octanol–water partition coefficient (Wildman–Crippen LogP) is 4.02. The molecule has 0 aliphatic heterocycles. The Balaban J connectivity index is 1.90. The number of halogens is 1. The molecule has 0 aliphatic rings. The lowest BCUT2D eigenvalue weighted by atomic mass is 10.0. The van der Waals surface area contributed by atoms with Crippen molar-refractivity contribution < 1.29 is 9.18 Å². The summed E-state index contributed by atoms with van der Waals surface area (Å²) in [5.74, 6) is -0.429. The van der Waals surface area contributed by atoms with Crippen molar-refractivity contribution in [1.29, 1.82) is 0 Å². The minimum absolute atomic E-state index is 0.0690. The zero-order valence-electron chi connectivity index (χ0n) is 15.0. The highest BCUT2D eigenvalue weighted by Gasteiger charge is 2.22. The van der Waals surface area contributed by atoms with Gasteiger partial charge in [-0.25, -0.2) is 9.07 Å². The van der Waals surface area contributed by atoms with Crippen LogP contribution in [0.3, 0.4) is 0 Å². The summed E-state index contributed by atoms with van der Waals surface area (Å²) in [6, 6.07) is 9.65. The van der Waals surface area contributed by atoms with Crippen LogP contribution < -0.4 is 5.32 Å². The van der Waals surface area contributed by atoms with Gasteiger partial charge in [0.1, 0.15) is 5.82 Å². The Morgan fingerprint density at radius 1 is 1.08 bits per heavy atom. The van der Waals surface area contributed by atoms with Gasteiger partial charge in [0, 0.05) is 12.4 Å². The van der Waals surface area contributed by atoms with Crippen molar-refractivity contribution >= 4 is 5.91 Å². The molecule has 2 aromatic heterocycles. The molecule has 0 spiro atoms. The SMILES string of the molecule is CC(C)c1c(C(=O)NC(C)c2ccncc2)cnn1-c1ccc(F)cc1. The second-order valence-corrected chi connectivity index (χ2v) is 6.46. The normalized spacial score (nSPS) is 12.2. The van der Waals surface area contributed by atoms with Gasteiger partial charge >= 0.3 is 0 Å². The Labute approximate surface area is 151 Å². The third-order valence-corrected chi connectivity index (χ3v) is 4.22. The number of amides is 1. The highest BCUT2D eigenvalue weighted by atomic mass is 19.1. The van der Waals surface area contributed by atoms with E-state index in [4.69, 9.17) is 0 Å². The second kappa shape index (κ2) is 7.47. The fourth-order valence-corrected chi connectivity index (χ4v) is 2.89. The molecule has 2 heterocycles. The maximum absolute atomic E-state index is 13.2. The summed E-state index contributed by atoms with van der Waals surface area (Å²) >= 11 is 0. The summed E-state index contributed by atoms with van der Waals surface area (Å²) in [7, 11) is 0. The molecule has 6 heteroatoms. The van der Waals surface area contributed by atoms with E-state index in [-0.39, 0.29) is 23.7 Å². The number of carbonyl (C=O) groups is 1. The molecule has 5 nitrogen and oxygen atoms in total. The van der Waals surface area contributed by atoms with Crippen LogP contribution in [0.1, 0.15) is 54.3 Å². The molecule has 1 amide bonds. The molecule has 1 atom stereocenters. The number of nitrogens with zero attached hydrogens (tertiary/aromatic N) is 3. The average Bonchev–Trinajstić information content (AvgIpc) is 3.08. The smallest absolute Gasteiger partial charge is 0.255 e. The van der Waals surface area contributed by atoms with E-state index in [0.29, 0.717) is 5.56 Å². The molecule has 0 bridgehead atoms. The standard InChI is InChI=1S/C20H21FN4O/c1-13(2)19-18(12-23-25(19)17-6-4-16(21)5-7-17)20(26)24-14(3)15-8-10-22-11-9-15/h4-14H,1-3H3,(H,24,26). The number of carbonyl (C=O) groups excluding carboxylic acids is 1. The first-order valence-corrected chi connectivity index (χ1v) is 8.52. The summed E-state index contributed by atoms with van der Waals surface area (Å²) in [5, 5.41) is 7.36. The van der Waals surface area contributed by atoms with Crippen LogP contribution in [0.5, 0.6) is 0 Å². The van der Waals surface area contributed by atoms with E-state index in [2.05, 4.69) is 15.4 Å². The molecule has 3 rings (SSSR count). The fraction of sp³-hybridized carbons (Fsp3) is 0.250. The molecular formula is C20H21FN4O. The van der Waals surface area contributed by atoms with Gasteiger partial charge in [-0.1, -0.05) is 13.8 Å². The van der Waals surface area contributed by atoms with Crippen LogP contribution in [0, 0.1) is 5.82 Å². The molecule has 1 N–H and O–H groups in total. The highest BCUT2D eigenvalue weighted by molar-refractivity contribution is 5.95. The molecular weight excluding hydrogens is 331 g/mol. The van der Waals surface area contributed by atoms with Crippen molar-refractivity contribution in [1.82, 2.24) is 20.1 Å². The Hall–Kier alpha value is -3.02. The average molecular weight is 352 g/mol. The van der Waals surface area contributed by atoms with Gasteiger partial charge < -0.3 is 5.32 Å². The summed E-state index contributed by atoms with van der Waals surface area (Å²) < 4.78 is 14.9. The summed E-state index contributed by atoms with van der Waals surface area (Å²) in [6.45, 7) is 5.92. The van der Waals surface area contributed by atoms with Crippen LogP contribution in [-0.2, 0) is 0 Å². The van der Waals surface area contributed by atoms with Gasteiger partial charge in [-0.05, 0) is 54.8 Å². The van der Waals surface area contributed by atoms with Crippen molar-refractivity contribution in [2.45, 2.75) is 32.7 Å². The lowest BCUT2D eigenvalue weighted by Gasteiger charge is -2.16. The quantitative estimate of drug-likeness (QED) is 0.754. The second-order valence-electron chi connectivity index (χ2n) is 6.46. The molecule has 0 saturated carbocycles. The van der Waals surface area contributed by atoms with Crippen molar-refractivity contribution in [3.63, 3.8) is 0 Å². The number of hydrogen-bond acceptors (Lipinski definition) is 3. The Morgan fingerprint density at radius 2 is 1.73 bits per heavy atom. The van der Waals surface area contributed by atoms with E-state index in [9.17, 15) is 9.18 Å². The molecule has 134 valence electrons. The summed E-state index contributed by atoms with van der Waals surface area (Å²) in [4.78, 5) is 16.8. The van der Waals surface area contributed by atoms with Gasteiger partial charge in [-0.15, -0.1) is 0 Å². The summed E-state index contributed by atoms with van der Waals surface area (Å²) in [6.07, 6.45) is 4.96. The molecule has 0 radical (unpaired) electrons. The number of rotatable bonds is 5. The van der Waals surface area contributed by atoms with E-state index < -0.39 is 0 Å². The Morgan fingerprint density at radius 3 is 2.35 bits per heavy atom. The Bertz CT molecular complexity index is 888. The molecule has 3 aromatic rings. The van der Waals surface area contributed by atoms with Crippen LogP contribution in [0.4, 0.5) is 4.39 Å². The highest BCUT2D eigenvalue weighted by Crippen LogP contribution is 2.24. The largest absolute Gasteiger partial charge is 0.345 e. The van der Waals surface area contributed by atoms with Gasteiger partial charge in [0.15, 0.2) is 0 Å². The van der Waals surface area contributed by atoms with Crippen LogP contribution in [0.15, 0.2) is 55.0 Å². The monoisotopic (exact) mass is 352 g/mol. The van der Waals surface area contributed by atoms with E-state index in [0.717, 1.165) is 16.9 Å². The van der Waals surface area contributed by atoms with Gasteiger partial charge in [0.2, 0.25) is 0 Å². The topological polar surface area (TPSA) is 59.8 Å². The zero-order chi connectivity index (χ0) is 18.7. The third kappa shape index (κ3) is 3.64. The van der Waals surface area contributed by atoms with Gasteiger partial charge in [0.25, 0.3) is 5.91 Å². The van der Waals surface area contributed by atoms with Crippen LogP contribution in [0.2, 0.25) is 0 Å². The van der Waals surface area contributed by atoms with Gasteiger partial charge in [-0.3, -0.25) is 9.78 Å². The predicted molar refractivity (Wildman–Crippen MR) is 97.7 cm³/mol. The first kappa shape index (κ1) is 17.8. The third-order valence-electron chi connectivity index (χ3n) is 4.22. The van der Waals surface area contributed by atoms with Crippen molar-refractivity contribution in [2.75, 3.05) is 0 Å².